The molecule has 0 aliphatic carbocycles. The van der Waals surface area contributed by atoms with Crippen LogP contribution in [-0.2, 0) is 14.8 Å². The van der Waals surface area contributed by atoms with E-state index < -0.39 is 27.7 Å². The Bertz CT molecular complexity index is 1220. The Balaban J connectivity index is 1.83. The van der Waals surface area contributed by atoms with Crippen molar-refractivity contribution in [3.63, 3.8) is 0 Å². The minimum absolute atomic E-state index is 0.150. The van der Waals surface area contributed by atoms with Crippen molar-refractivity contribution in [2.45, 2.75) is 31.0 Å². The van der Waals surface area contributed by atoms with Gasteiger partial charge in [-0.3, -0.25) is 9.29 Å². The zero-order valence-corrected chi connectivity index (χ0v) is 18.9. The SMILES string of the molecule is COc1cccc(OC)c1-n1c(NS(=O)(=O)[C@H]2CO[C@@H](O)[C@H](O)C2)nnc1-c1ccc(C)o1. The molecule has 1 aliphatic rings. The molecule has 33 heavy (non-hydrogen) atoms. The number of methoxy groups -OCH3 is 2. The molecule has 0 saturated carbocycles. The third-order valence-corrected chi connectivity index (χ3v) is 6.88. The molecule has 3 heterocycles. The number of aryl methyl sites for hydroxylation is 1. The summed E-state index contributed by atoms with van der Waals surface area (Å²) < 4.78 is 51.7. The quantitative estimate of drug-likeness (QED) is 0.446. The molecule has 4 rings (SSSR count). The Labute approximate surface area is 189 Å². The lowest BCUT2D eigenvalue weighted by Gasteiger charge is -2.29. The van der Waals surface area contributed by atoms with Crippen LogP contribution in [0.25, 0.3) is 17.3 Å². The molecule has 0 amide bonds. The van der Waals surface area contributed by atoms with Crippen LogP contribution in [0.4, 0.5) is 5.95 Å². The summed E-state index contributed by atoms with van der Waals surface area (Å²) in [5.74, 6) is 1.78. The summed E-state index contributed by atoms with van der Waals surface area (Å²) in [5.41, 5.74) is 0.351. The Morgan fingerprint density at radius 2 is 1.82 bits per heavy atom. The van der Waals surface area contributed by atoms with Gasteiger partial charge in [0.25, 0.3) is 0 Å². The van der Waals surface area contributed by atoms with Gasteiger partial charge in [0.05, 0.1) is 20.8 Å². The van der Waals surface area contributed by atoms with Gasteiger partial charge in [-0.15, -0.1) is 10.2 Å². The van der Waals surface area contributed by atoms with E-state index in [1.54, 1.807) is 37.3 Å². The molecule has 0 unspecified atom stereocenters. The van der Waals surface area contributed by atoms with Gasteiger partial charge in [-0.05, 0) is 37.6 Å². The molecule has 2 aromatic heterocycles. The van der Waals surface area contributed by atoms with Gasteiger partial charge >= 0.3 is 0 Å². The summed E-state index contributed by atoms with van der Waals surface area (Å²) in [6.07, 6.45) is -2.99. The first-order valence-electron chi connectivity index (χ1n) is 9.98. The van der Waals surface area contributed by atoms with Crippen LogP contribution in [0.2, 0.25) is 0 Å². The van der Waals surface area contributed by atoms with Crippen molar-refractivity contribution in [2.75, 3.05) is 25.5 Å². The number of nitrogens with zero attached hydrogens (tertiary/aromatic N) is 3. The number of sulfonamides is 1. The number of hydrogen-bond donors (Lipinski definition) is 3. The Morgan fingerprint density at radius 3 is 2.39 bits per heavy atom. The van der Waals surface area contributed by atoms with Crippen molar-refractivity contribution in [3.05, 3.63) is 36.1 Å². The average molecular weight is 480 g/mol. The molecule has 0 bridgehead atoms. The summed E-state index contributed by atoms with van der Waals surface area (Å²) in [6.45, 7) is 1.46. The van der Waals surface area contributed by atoms with Crippen LogP contribution in [0, 0.1) is 6.92 Å². The number of para-hydroxylation sites is 1. The normalized spacial score (nSPS) is 21.1. The number of hydrogen-bond acceptors (Lipinski definition) is 10. The molecule has 178 valence electrons. The van der Waals surface area contributed by atoms with Gasteiger partial charge in [0.1, 0.15) is 34.3 Å². The average Bonchev–Trinajstić information content (AvgIpc) is 3.40. The van der Waals surface area contributed by atoms with Gasteiger partial charge < -0.3 is 28.8 Å². The third kappa shape index (κ3) is 4.39. The van der Waals surface area contributed by atoms with Gasteiger partial charge in [-0.25, -0.2) is 8.42 Å². The van der Waals surface area contributed by atoms with E-state index in [1.165, 1.54) is 18.8 Å². The highest BCUT2D eigenvalue weighted by Gasteiger charge is 2.37. The molecule has 13 heteroatoms. The number of benzene rings is 1. The molecular formula is C20H24N4O8S. The van der Waals surface area contributed by atoms with Crippen LogP contribution in [0.3, 0.4) is 0 Å². The van der Waals surface area contributed by atoms with E-state index in [0.29, 0.717) is 28.7 Å². The lowest BCUT2D eigenvalue weighted by Crippen LogP contribution is -2.46. The van der Waals surface area contributed by atoms with Crippen molar-refractivity contribution < 1.29 is 37.3 Å². The second-order valence-corrected chi connectivity index (χ2v) is 9.36. The maximum absolute atomic E-state index is 13.1. The molecule has 0 spiro atoms. The molecule has 0 radical (unpaired) electrons. The topological polar surface area (TPSA) is 158 Å². The Kier molecular flexibility index (Phi) is 6.30. The second-order valence-electron chi connectivity index (χ2n) is 7.40. The van der Waals surface area contributed by atoms with Crippen molar-refractivity contribution in [2.24, 2.45) is 0 Å². The van der Waals surface area contributed by atoms with Crippen LogP contribution in [-0.4, -0.2) is 71.9 Å². The van der Waals surface area contributed by atoms with Gasteiger partial charge in [-0.1, -0.05) is 6.07 Å². The van der Waals surface area contributed by atoms with E-state index in [9.17, 15) is 18.6 Å². The monoisotopic (exact) mass is 480 g/mol. The summed E-state index contributed by atoms with van der Waals surface area (Å²) in [7, 11) is -1.17. The standard InChI is InChI=1S/C20H24N4O8S/c1-11-7-8-16(32-11)18-21-22-20(23-33(27,28)12-9-13(25)19(26)31-10-12)24(18)17-14(29-2)5-4-6-15(17)30-3/h4-8,12-13,19,25-26H,9-10H2,1-3H3,(H,22,23)/t12-,13-,19-/m1/s1. The summed E-state index contributed by atoms with van der Waals surface area (Å²) >= 11 is 0. The molecule has 3 N–H and O–H groups in total. The number of aromatic nitrogens is 3. The predicted molar refractivity (Wildman–Crippen MR) is 116 cm³/mol. The molecule has 1 saturated heterocycles. The maximum Gasteiger partial charge on any atom is 0.243 e. The number of furan rings is 1. The van der Waals surface area contributed by atoms with Crippen molar-refractivity contribution in [1.29, 1.82) is 0 Å². The van der Waals surface area contributed by atoms with Gasteiger partial charge in [0, 0.05) is 0 Å². The number of nitrogens with one attached hydrogen (secondary N) is 1. The lowest BCUT2D eigenvalue weighted by molar-refractivity contribution is -0.183. The fourth-order valence-electron chi connectivity index (χ4n) is 3.53. The fourth-order valence-corrected chi connectivity index (χ4v) is 4.79. The van der Waals surface area contributed by atoms with E-state index in [2.05, 4.69) is 14.9 Å². The second kappa shape index (κ2) is 9.02. The molecule has 1 aromatic carbocycles. The van der Waals surface area contributed by atoms with E-state index >= 15 is 0 Å². The highest BCUT2D eigenvalue weighted by atomic mass is 32.2. The molecule has 1 aliphatic heterocycles. The number of ether oxygens (including phenoxy) is 3. The van der Waals surface area contributed by atoms with Crippen LogP contribution in [0.1, 0.15) is 12.2 Å². The van der Waals surface area contributed by atoms with Crippen LogP contribution in [0.15, 0.2) is 34.7 Å². The predicted octanol–water partition coefficient (Wildman–Crippen LogP) is 1.06. The van der Waals surface area contributed by atoms with E-state index in [4.69, 9.17) is 18.6 Å². The highest BCUT2D eigenvalue weighted by Crippen LogP contribution is 2.38. The largest absolute Gasteiger partial charge is 0.494 e. The minimum Gasteiger partial charge on any atom is -0.494 e. The first-order valence-corrected chi connectivity index (χ1v) is 11.5. The first-order chi connectivity index (χ1) is 15.7. The number of anilines is 1. The summed E-state index contributed by atoms with van der Waals surface area (Å²) in [5, 5.41) is 26.5. The fraction of sp³-hybridized carbons (Fsp3) is 0.400. The smallest absolute Gasteiger partial charge is 0.243 e. The zero-order valence-electron chi connectivity index (χ0n) is 18.1. The van der Waals surface area contributed by atoms with E-state index in [0.717, 1.165) is 0 Å². The lowest BCUT2D eigenvalue weighted by atomic mass is 10.1. The van der Waals surface area contributed by atoms with E-state index in [-0.39, 0.29) is 24.8 Å². The van der Waals surface area contributed by atoms with Gasteiger partial charge in [0.2, 0.25) is 21.8 Å². The summed E-state index contributed by atoms with van der Waals surface area (Å²) in [4.78, 5) is 0. The van der Waals surface area contributed by atoms with E-state index in [1.807, 2.05) is 0 Å². The molecule has 1 fully saturated rings. The Morgan fingerprint density at radius 1 is 1.12 bits per heavy atom. The number of rotatable bonds is 7. The molecule has 3 aromatic rings. The van der Waals surface area contributed by atoms with Crippen molar-refractivity contribution >= 4 is 16.0 Å². The molecule has 12 nitrogen and oxygen atoms in total. The van der Waals surface area contributed by atoms with Crippen molar-refractivity contribution in [3.8, 4) is 28.8 Å². The van der Waals surface area contributed by atoms with Crippen LogP contribution >= 0.6 is 0 Å². The Hall–Kier alpha value is -3.13. The number of aliphatic hydroxyl groups is 2. The van der Waals surface area contributed by atoms with Crippen molar-refractivity contribution in [1.82, 2.24) is 14.8 Å². The van der Waals surface area contributed by atoms with Crippen LogP contribution in [0.5, 0.6) is 11.5 Å². The summed E-state index contributed by atoms with van der Waals surface area (Å²) in [6, 6.07) is 8.50. The number of aliphatic hydroxyl groups excluding tert-OH is 2. The van der Waals surface area contributed by atoms with Crippen LogP contribution < -0.4 is 14.2 Å². The zero-order chi connectivity index (χ0) is 23.8. The highest BCUT2D eigenvalue weighted by molar-refractivity contribution is 7.93. The maximum atomic E-state index is 13.1. The van der Waals surface area contributed by atoms with Gasteiger partial charge in [-0.2, -0.15) is 0 Å². The van der Waals surface area contributed by atoms with Gasteiger partial charge in [0.15, 0.2) is 12.1 Å². The molecular weight excluding hydrogens is 456 g/mol. The molecule has 3 atom stereocenters. The first kappa shape index (κ1) is 23.0. The minimum atomic E-state index is -4.11. The third-order valence-electron chi connectivity index (χ3n) is 5.21.